The van der Waals surface area contributed by atoms with Gasteiger partial charge in [-0.3, -0.25) is 0 Å². The number of nitrogen functional groups attached to an aromatic ring is 1. The maximum atomic E-state index is 5.57. The van der Waals surface area contributed by atoms with Crippen LogP contribution in [0.1, 0.15) is 44.7 Å². The Kier molecular flexibility index (Phi) is 7.34. The number of nitrogens with zero attached hydrogens (tertiary/aromatic N) is 1. The summed E-state index contributed by atoms with van der Waals surface area (Å²) in [6, 6.07) is 5.69. The van der Waals surface area contributed by atoms with Crippen LogP contribution < -0.4 is 11.3 Å². The van der Waals surface area contributed by atoms with Gasteiger partial charge < -0.3 is 10.2 Å². The van der Waals surface area contributed by atoms with Gasteiger partial charge in [-0.05, 0) is 18.6 Å². The first-order chi connectivity index (χ1) is 8.36. The number of unbranched alkanes of at least 4 members (excludes halogenated alkanes) is 4. The van der Waals surface area contributed by atoms with Crippen molar-refractivity contribution in [2.24, 2.45) is 5.84 Å². The minimum absolute atomic E-state index is 0.559. The van der Waals surface area contributed by atoms with Crippen molar-refractivity contribution in [1.82, 2.24) is 4.98 Å². The Balaban J connectivity index is 2.09. The molecule has 0 fully saturated rings. The molecular formula is C13H23N3O. The van der Waals surface area contributed by atoms with Gasteiger partial charge in [0.1, 0.15) is 5.82 Å². The lowest BCUT2D eigenvalue weighted by Gasteiger charge is -2.05. The van der Waals surface area contributed by atoms with Gasteiger partial charge in [0.05, 0.1) is 12.3 Å². The van der Waals surface area contributed by atoms with Crippen molar-refractivity contribution in [3.05, 3.63) is 23.9 Å². The zero-order chi connectivity index (χ0) is 12.3. The average Bonchev–Trinajstić information content (AvgIpc) is 2.38. The molecule has 0 spiro atoms. The molecule has 3 N–H and O–H groups in total. The quantitative estimate of drug-likeness (QED) is 0.394. The molecule has 0 aliphatic rings. The van der Waals surface area contributed by atoms with Crippen LogP contribution in [0.4, 0.5) is 5.82 Å². The van der Waals surface area contributed by atoms with Crippen LogP contribution in [0.15, 0.2) is 18.2 Å². The van der Waals surface area contributed by atoms with Gasteiger partial charge in [-0.1, -0.05) is 38.7 Å². The maximum absolute atomic E-state index is 5.57. The molecule has 17 heavy (non-hydrogen) atoms. The van der Waals surface area contributed by atoms with Crippen molar-refractivity contribution < 1.29 is 4.74 Å². The largest absolute Gasteiger partial charge is 0.375 e. The third-order valence-corrected chi connectivity index (χ3v) is 2.60. The SMILES string of the molecule is CCCCCCCOCc1cccc(NN)n1. The van der Waals surface area contributed by atoms with Gasteiger partial charge in [-0.15, -0.1) is 0 Å². The first-order valence-corrected chi connectivity index (χ1v) is 6.37. The summed E-state index contributed by atoms with van der Waals surface area (Å²) in [7, 11) is 0. The molecule has 0 saturated carbocycles. The summed E-state index contributed by atoms with van der Waals surface area (Å²) >= 11 is 0. The van der Waals surface area contributed by atoms with E-state index in [2.05, 4.69) is 17.3 Å². The molecule has 96 valence electrons. The Bertz CT molecular complexity index is 304. The highest BCUT2D eigenvalue weighted by Gasteiger charge is 1.97. The monoisotopic (exact) mass is 237 g/mol. The summed E-state index contributed by atoms with van der Waals surface area (Å²) in [6.07, 6.45) is 6.31. The Morgan fingerprint density at radius 1 is 1.24 bits per heavy atom. The maximum Gasteiger partial charge on any atom is 0.140 e. The van der Waals surface area contributed by atoms with Crippen molar-refractivity contribution in [3.8, 4) is 0 Å². The number of hydrazine groups is 1. The second kappa shape index (κ2) is 8.96. The molecule has 0 aliphatic carbocycles. The number of nitrogens with one attached hydrogen (secondary N) is 1. The third kappa shape index (κ3) is 6.24. The molecule has 1 aromatic rings. The summed E-state index contributed by atoms with van der Waals surface area (Å²) in [5.41, 5.74) is 3.44. The zero-order valence-corrected chi connectivity index (χ0v) is 10.6. The van der Waals surface area contributed by atoms with Gasteiger partial charge in [-0.2, -0.15) is 0 Å². The first kappa shape index (κ1) is 13.9. The van der Waals surface area contributed by atoms with Crippen molar-refractivity contribution in [2.75, 3.05) is 12.0 Å². The number of aromatic nitrogens is 1. The molecule has 4 nitrogen and oxygen atoms in total. The van der Waals surface area contributed by atoms with Crippen molar-refractivity contribution in [1.29, 1.82) is 0 Å². The fraction of sp³-hybridized carbons (Fsp3) is 0.615. The third-order valence-electron chi connectivity index (χ3n) is 2.60. The Morgan fingerprint density at radius 3 is 2.82 bits per heavy atom. The van der Waals surface area contributed by atoms with E-state index >= 15 is 0 Å². The van der Waals surface area contributed by atoms with Crippen LogP contribution in [0.2, 0.25) is 0 Å². The Morgan fingerprint density at radius 2 is 2.06 bits per heavy atom. The first-order valence-electron chi connectivity index (χ1n) is 6.37. The van der Waals surface area contributed by atoms with Gasteiger partial charge in [0.2, 0.25) is 0 Å². The van der Waals surface area contributed by atoms with E-state index in [9.17, 15) is 0 Å². The van der Waals surface area contributed by atoms with Crippen LogP contribution in [0.5, 0.6) is 0 Å². The summed E-state index contributed by atoms with van der Waals surface area (Å²) in [4.78, 5) is 4.28. The van der Waals surface area contributed by atoms with E-state index in [1.165, 1.54) is 25.7 Å². The van der Waals surface area contributed by atoms with E-state index in [4.69, 9.17) is 10.6 Å². The molecule has 0 saturated heterocycles. The second-order valence-electron chi connectivity index (χ2n) is 4.13. The summed E-state index contributed by atoms with van der Waals surface area (Å²) in [5, 5.41) is 0. The highest BCUT2D eigenvalue weighted by Crippen LogP contribution is 2.06. The van der Waals surface area contributed by atoms with Gasteiger partial charge >= 0.3 is 0 Å². The second-order valence-corrected chi connectivity index (χ2v) is 4.13. The number of anilines is 1. The van der Waals surface area contributed by atoms with Gasteiger partial charge in [0, 0.05) is 6.61 Å². The predicted molar refractivity (Wildman–Crippen MR) is 70.5 cm³/mol. The van der Waals surface area contributed by atoms with Crippen molar-refractivity contribution in [2.45, 2.75) is 45.6 Å². The molecule has 0 radical (unpaired) electrons. The van der Waals surface area contributed by atoms with E-state index in [-0.39, 0.29) is 0 Å². The molecule has 0 unspecified atom stereocenters. The van der Waals surface area contributed by atoms with Crippen LogP contribution in [-0.4, -0.2) is 11.6 Å². The molecule has 0 bridgehead atoms. The highest BCUT2D eigenvalue weighted by atomic mass is 16.5. The standard InChI is InChI=1S/C13H23N3O/c1-2-3-4-5-6-10-17-11-12-8-7-9-13(15-12)16-14/h7-9H,2-6,10-11,14H2,1H3,(H,15,16). The number of pyridine rings is 1. The molecule has 1 rings (SSSR count). The predicted octanol–water partition coefficient (Wildman–Crippen LogP) is 2.85. The molecular weight excluding hydrogens is 214 g/mol. The fourth-order valence-corrected chi connectivity index (χ4v) is 1.62. The Labute approximate surface area is 104 Å². The van der Waals surface area contributed by atoms with Gasteiger partial charge in [0.25, 0.3) is 0 Å². The number of ether oxygens (including phenoxy) is 1. The summed E-state index contributed by atoms with van der Waals surface area (Å²) in [6.45, 7) is 3.59. The summed E-state index contributed by atoms with van der Waals surface area (Å²) in [5.74, 6) is 5.96. The normalized spacial score (nSPS) is 10.5. The Hall–Kier alpha value is -1.13. The molecule has 0 aliphatic heterocycles. The van der Waals surface area contributed by atoms with E-state index in [0.717, 1.165) is 18.7 Å². The molecule has 4 heteroatoms. The molecule has 0 atom stereocenters. The zero-order valence-electron chi connectivity index (χ0n) is 10.6. The molecule has 1 heterocycles. The molecule has 0 amide bonds. The van der Waals surface area contributed by atoms with Gasteiger partial charge in [-0.25, -0.2) is 10.8 Å². The lowest BCUT2D eigenvalue weighted by atomic mass is 10.2. The van der Waals surface area contributed by atoms with Crippen LogP contribution >= 0.6 is 0 Å². The van der Waals surface area contributed by atoms with Crippen LogP contribution in [-0.2, 0) is 11.3 Å². The summed E-state index contributed by atoms with van der Waals surface area (Å²) < 4.78 is 5.57. The lowest BCUT2D eigenvalue weighted by molar-refractivity contribution is 0.114. The minimum atomic E-state index is 0.559. The number of nitrogens with two attached hydrogens (primary N) is 1. The topological polar surface area (TPSA) is 60.2 Å². The van der Waals surface area contributed by atoms with E-state index < -0.39 is 0 Å². The number of hydrogen-bond donors (Lipinski definition) is 2. The number of hydrogen-bond acceptors (Lipinski definition) is 4. The average molecular weight is 237 g/mol. The lowest BCUT2D eigenvalue weighted by Crippen LogP contribution is -2.09. The van der Waals surface area contributed by atoms with E-state index in [0.29, 0.717) is 12.4 Å². The van der Waals surface area contributed by atoms with Gasteiger partial charge in [0.15, 0.2) is 0 Å². The molecule has 1 aromatic heterocycles. The fourth-order valence-electron chi connectivity index (χ4n) is 1.62. The van der Waals surface area contributed by atoms with Crippen LogP contribution in [0.3, 0.4) is 0 Å². The smallest absolute Gasteiger partial charge is 0.140 e. The number of rotatable bonds is 9. The van der Waals surface area contributed by atoms with E-state index in [1.807, 2.05) is 18.2 Å². The minimum Gasteiger partial charge on any atom is -0.375 e. The highest BCUT2D eigenvalue weighted by molar-refractivity contribution is 5.33. The van der Waals surface area contributed by atoms with Crippen molar-refractivity contribution >= 4 is 5.82 Å². The van der Waals surface area contributed by atoms with Crippen LogP contribution in [0.25, 0.3) is 0 Å². The van der Waals surface area contributed by atoms with Crippen LogP contribution in [0, 0.1) is 0 Å². The van der Waals surface area contributed by atoms with E-state index in [1.54, 1.807) is 0 Å². The van der Waals surface area contributed by atoms with Crippen molar-refractivity contribution in [3.63, 3.8) is 0 Å². The molecule has 0 aromatic carbocycles.